The summed E-state index contributed by atoms with van der Waals surface area (Å²) in [6, 6.07) is 4.24. The van der Waals surface area contributed by atoms with Gasteiger partial charge in [0.1, 0.15) is 6.04 Å². The van der Waals surface area contributed by atoms with Crippen molar-refractivity contribution in [3.8, 4) is 0 Å². The summed E-state index contributed by atoms with van der Waals surface area (Å²) >= 11 is 11.8. The molecule has 1 aromatic carbocycles. The molecule has 1 N–H and O–H groups in total. The Kier molecular flexibility index (Phi) is 5.26. The lowest BCUT2D eigenvalue weighted by molar-refractivity contribution is -0.124. The van der Waals surface area contributed by atoms with Crippen LogP contribution in [-0.2, 0) is 4.79 Å². The Labute approximate surface area is 133 Å². The number of nitrogens with zero attached hydrogens (tertiary/aromatic N) is 1. The highest BCUT2D eigenvalue weighted by atomic mass is 35.5. The molecule has 2 amide bonds. The van der Waals surface area contributed by atoms with Crippen LogP contribution in [0.2, 0.25) is 10.0 Å². The molecule has 0 radical (unpaired) electrons. The van der Waals surface area contributed by atoms with Crippen molar-refractivity contribution >= 4 is 35.0 Å². The van der Waals surface area contributed by atoms with Crippen LogP contribution in [0.5, 0.6) is 0 Å². The SMILES string of the molecule is C=CCNC(=O)C1CCCN1C(=O)c1cc(Cl)cc(Cl)c1. The van der Waals surface area contributed by atoms with E-state index in [9.17, 15) is 9.59 Å². The minimum atomic E-state index is -0.449. The molecule has 0 saturated carbocycles. The molecule has 1 aliphatic heterocycles. The number of carbonyl (C=O) groups excluding carboxylic acids is 2. The predicted octanol–water partition coefficient (Wildman–Crippen LogP) is 2.90. The van der Waals surface area contributed by atoms with E-state index in [0.29, 0.717) is 35.1 Å². The molecule has 21 heavy (non-hydrogen) atoms. The molecule has 6 heteroatoms. The second kappa shape index (κ2) is 6.96. The zero-order valence-electron chi connectivity index (χ0n) is 11.4. The summed E-state index contributed by atoms with van der Waals surface area (Å²) in [4.78, 5) is 26.2. The van der Waals surface area contributed by atoms with Gasteiger partial charge in [0.25, 0.3) is 5.91 Å². The number of hydrogen-bond donors (Lipinski definition) is 1. The molecule has 1 heterocycles. The van der Waals surface area contributed by atoms with Crippen molar-refractivity contribution in [1.82, 2.24) is 10.2 Å². The minimum absolute atomic E-state index is 0.158. The standard InChI is InChI=1S/C15H16Cl2N2O2/c1-2-5-18-14(20)13-4-3-6-19(13)15(21)10-7-11(16)9-12(17)8-10/h2,7-9,13H,1,3-6H2,(H,18,20). The van der Waals surface area contributed by atoms with Crippen LogP contribution in [0, 0.1) is 0 Å². The summed E-state index contributed by atoms with van der Waals surface area (Å²) < 4.78 is 0. The molecule has 0 spiro atoms. The average Bonchev–Trinajstić information content (AvgIpc) is 2.92. The van der Waals surface area contributed by atoms with Gasteiger partial charge in [-0.25, -0.2) is 0 Å². The van der Waals surface area contributed by atoms with Gasteiger partial charge in [0.2, 0.25) is 5.91 Å². The molecule has 4 nitrogen and oxygen atoms in total. The number of rotatable bonds is 4. The summed E-state index contributed by atoms with van der Waals surface area (Å²) in [7, 11) is 0. The molecule has 0 aliphatic carbocycles. The van der Waals surface area contributed by atoms with E-state index in [0.717, 1.165) is 6.42 Å². The number of benzene rings is 1. The third-order valence-electron chi connectivity index (χ3n) is 3.35. The van der Waals surface area contributed by atoms with Gasteiger partial charge in [-0.2, -0.15) is 0 Å². The zero-order valence-corrected chi connectivity index (χ0v) is 13.0. The molecule has 1 saturated heterocycles. The molecule has 1 atom stereocenters. The van der Waals surface area contributed by atoms with E-state index in [4.69, 9.17) is 23.2 Å². The Bertz CT molecular complexity index is 555. The van der Waals surface area contributed by atoms with E-state index < -0.39 is 6.04 Å². The Hall–Kier alpha value is -1.52. The summed E-state index contributed by atoms with van der Waals surface area (Å²) in [5, 5.41) is 3.53. The summed E-state index contributed by atoms with van der Waals surface area (Å²) in [6.45, 7) is 4.50. The van der Waals surface area contributed by atoms with E-state index in [1.54, 1.807) is 29.2 Å². The van der Waals surface area contributed by atoms with Crippen LogP contribution in [0.3, 0.4) is 0 Å². The van der Waals surface area contributed by atoms with Crippen LogP contribution in [-0.4, -0.2) is 35.8 Å². The van der Waals surface area contributed by atoms with Crippen molar-refractivity contribution in [3.63, 3.8) is 0 Å². The van der Waals surface area contributed by atoms with E-state index in [1.165, 1.54) is 0 Å². The quantitative estimate of drug-likeness (QED) is 0.865. The number of amides is 2. The predicted molar refractivity (Wildman–Crippen MR) is 83.7 cm³/mol. The third-order valence-corrected chi connectivity index (χ3v) is 3.78. The van der Waals surface area contributed by atoms with Crippen molar-refractivity contribution in [1.29, 1.82) is 0 Å². The molecule has 112 valence electrons. The number of likely N-dealkylation sites (tertiary alicyclic amines) is 1. The first kappa shape index (κ1) is 15.9. The highest BCUT2D eigenvalue weighted by Crippen LogP contribution is 2.24. The van der Waals surface area contributed by atoms with Gasteiger partial charge in [-0.3, -0.25) is 9.59 Å². The summed E-state index contributed by atoms with van der Waals surface area (Å²) in [5.41, 5.74) is 0.399. The maximum Gasteiger partial charge on any atom is 0.254 e. The van der Waals surface area contributed by atoms with E-state index in [-0.39, 0.29) is 11.8 Å². The van der Waals surface area contributed by atoms with Crippen molar-refractivity contribution in [2.45, 2.75) is 18.9 Å². The topological polar surface area (TPSA) is 49.4 Å². The monoisotopic (exact) mass is 326 g/mol. The molecule has 0 aromatic heterocycles. The van der Waals surface area contributed by atoms with Gasteiger partial charge in [-0.15, -0.1) is 6.58 Å². The van der Waals surface area contributed by atoms with E-state index in [2.05, 4.69) is 11.9 Å². The fourth-order valence-electron chi connectivity index (χ4n) is 2.42. The summed E-state index contributed by atoms with van der Waals surface area (Å²) in [6.07, 6.45) is 3.06. The van der Waals surface area contributed by atoms with Gasteiger partial charge in [-0.05, 0) is 31.0 Å². The number of hydrogen-bond acceptors (Lipinski definition) is 2. The smallest absolute Gasteiger partial charge is 0.254 e. The highest BCUT2D eigenvalue weighted by molar-refractivity contribution is 6.35. The second-order valence-electron chi connectivity index (χ2n) is 4.85. The van der Waals surface area contributed by atoms with Crippen molar-refractivity contribution in [2.75, 3.05) is 13.1 Å². The van der Waals surface area contributed by atoms with E-state index >= 15 is 0 Å². The minimum Gasteiger partial charge on any atom is -0.351 e. The third kappa shape index (κ3) is 3.77. The molecule has 0 bridgehead atoms. The van der Waals surface area contributed by atoms with Gasteiger partial charge in [0.15, 0.2) is 0 Å². The van der Waals surface area contributed by atoms with Crippen molar-refractivity contribution in [2.24, 2.45) is 0 Å². The van der Waals surface area contributed by atoms with Crippen LogP contribution in [0.25, 0.3) is 0 Å². The maximum absolute atomic E-state index is 12.5. The molecule has 2 rings (SSSR count). The first-order valence-corrected chi connectivity index (χ1v) is 7.44. The van der Waals surface area contributed by atoms with E-state index in [1.807, 2.05) is 0 Å². The Morgan fingerprint density at radius 2 is 2.00 bits per heavy atom. The largest absolute Gasteiger partial charge is 0.351 e. The fourth-order valence-corrected chi connectivity index (χ4v) is 2.94. The lowest BCUT2D eigenvalue weighted by atomic mass is 10.1. The normalized spacial score (nSPS) is 17.6. The molecule has 1 aromatic rings. The maximum atomic E-state index is 12.5. The average molecular weight is 327 g/mol. The molecule has 1 aliphatic rings. The molecular formula is C15H16Cl2N2O2. The Morgan fingerprint density at radius 1 is 1.33 bits per heavy atom. The zero-order chi connectivity index (χ0) is 15.4. The fraction of sp³-hybridized carbons (Fsp3) is 0.333. The Balaban J connectivity index is 2.17. The van der Waals surface area contributed by atoms with Crippen LogP contribution < -0.4 is 5.32 Å². The van der Waals surface area contributed by atoms with Crippen LogP contribution in [0.1, 0.15) is 23.2 Å². The summed E-state index contributed by atoms with van der Waals surface area (Å²) in [5.74, 6) is -0.385. The lowest BCUT2D eigenvalue weighted by Crippen LogP contribution is -2.46. The lowest BCUT2D eigenvalue weighted by Gasteiger charge is -2.24. The van der Waals surface area contributed by atoms with Gasteiger partial charge >= 0.3 is 0 Å². The first-order chi connectivity index (χ1) is 10.0. The van der Waals surface area contributed by atoms with Crippen molar-refractivity contribution < 1.29 is 9.59 Å². The van der Waals surface area contributed by atoms with Gasteiger partial charge < -0.3 is 10.2 Å². The van der Waals surface area contributed by atoms with Crippen LogP contribution >= 0.6 is 23.2 Å². The van der Waals surface area contributed by atoms with Crippen LogP contribution in [0.15, 0.2) is 30.9 Å². The van der Waals surface area contributed by atoms with Crippen molar-refractivity contribution in [3.05, 3.63) is 46.5 Å². The molecular weight excluding hydrogens is 311 g/mol. The number of nitrogens with one attached hydrogen (secondary N) is 1. The van der Waals surface area contributed by atoms with Gasteiger partial charge in [-0.1, -0.05) is 29.3 Å². The Morgan fingerprint density at radius 3 is 2.62 bits per heavy atom. The van der Waals surface area contributed by atoms with Crippen LogP contribution in [0.4, 0.5) is 0 Å². The number of halogens is 2. The number of carbonyl (C=O) groups is 2. The first-order valence-electron chi connectivity index (χ1n) is 6.68. The molecule has 1 unspecified atom stereocenters. The molecule has 1 fully saturated rings. The highest BCUT2D eigenvalue weighted by Gasteiger charge is 2.34. The van der Waals surface area contributed by atoms with Gasteiger partial charge in [0, 0.05) is 28.7 Å². The van der Waals surface area contributed by atoms with Gasteiger partial charge in [0.05, 0.1) is 0 Å². The second-order valence-corrected chi connectivity index (χ2v) is 5.72.